The summed E-state index contributed by atoms with van der Waals surface area (Å²) in [5.41, 5.74) is 0.368. The maximum atomic E-state index is 13.9. The van der Waals surface area contributed by atoms with E-state index in [1.165, 1.54) is 0 Å². The average molecular weight is 604 g/mol. The number of Topliss-reactive ketones (excluding diaryl/α,β-unsaturated/α-hetero) is 1. The number of halogens is 4. The Bertz CT molecular complexity index is 1570. The number of ketones is 1. The quantitative estimate of drug-likeness (QED) is 0.194. The van der Waals surface area contributed by atoms with Gasteiger partial charge in [-0.2, -0.15) is 8.78 Å². The highest BCUT2D eigenvalue weighted by atomic mass is 19.2. The SMILES string of the molecule is O=C(O)C[C@H](NC(=O)[C@@H]1CCCCN1C(=O)C(=O)Nc1cccc2ccccc12)C(=O)COc1c(F)c(F)cc(F)c1F. The summed E-state index contributed by atoms with van der Waals surface area (Å²) in [6.07, 6.45) is 0.0299. The van der Waals surface area contributed by atoms with Gasteiger partial charge in [-0.1, -0.05) is 36.4 Å². The summed E-state index contributed by atoms with van der Waals surface area (Å²) in [5.74, 6) is -14.7. The first kappa shape index (κ1) is 30.9. The third-order valence-electron chi connectivity index (χ3n) is 6.81. The van der Waals surface area contributed by atoms with E-state index in [-0.39, 0.29) is 19.0 Å². The largest absolute Gasteiger partial charge is 0.481 e. The minimum atomic E-state index is -1.91. The molecule has 1 aliphatic heterocycles. The van der Waals surface area contributed by atoms with E-state index in [1.807, 2.05) is 18.2 Å². The Hall–Kier alpha value is -5.01. The number of aliphatic carboxylic acids is 1. The van der Waals surface area contributed by atoms with Gasteiger partial charge >= 0.3 is 17.8 Å². The third kappa shape index (κ3) is 7.08. The summed E-state index contributed by atoms with van der Waals surface area (Å²) in [6, 6.07) is 9.13. The first-order valence-electron chi connectivity index (χ1n) is 13.1. The van der Waals surface area contributed by atoms with Crippen molar-refractivity contribution in [1.82, 2.24) is 10.2 Å². The number of carboxylic acids is 1. The van der Waals surface area contributed by atoms with E-state index in [9.17, 15) is 46.6 Å². The molecule has 1 saturated heterocycles. The molecule has 1 fully saturated rings. The molecule has 4 rings (SSSR count). The minimum absolute atomic E-state index is 0.0181. The van der Waals surface area contributed by atoms with Crippen LogP contribution in [-0.4, -0.2) is 64.7 Å². The molecule has 0 spiro atoms. The topological polar surface area (TPSA) is 142 Å². The smallest absolute Gasteiger partial charge is 0.313 e. The molecule has 0 aromatic heterocycles. The molecule has 14 heteroatoms. The Morgan fingerprint density at radius 3 is 2.33 bits per heavy atom. The van der Waals surface area contributed by atoms with Crippen molar-refractivity contribution in [1.29, 1.82) is 0 Å². The second-order valence-corrected chi connectivity index (χ2v) is 9.70. The van der Waals surface area contributed by atoms with E-state index in [0.717, 1.165) is 10.3 Å². The van der Waals surface area contributed by atoms with Gasteiger partial charge in [0.1, 0.15) is 18.7 Å². The highest BCUT2D eigenvalue weighted by Gasteiger charge is 2.37. The van der Waals surface area contributed by atoms with Gasteiger partial charge in [0, 0.05) is 23.7 Å². The second-order valence-electron chi connectivity index (χ2n) is 9.70. The van der Waals surface area contributed by atoms with E-state index in [4.69, 9.17) is 0 Å². The lowest BCUT2D eigenvalue weighted by molar-refractivity contribution is -0.149. The van der Waals surface area contributed by atoms with Crippen molar-refractivity contribution in [2.24, 2.45) is 0 Å². The zero-order chi connectivity index (χ0) is 31.3. The Balaban J connectivity index is 1.46. The Labute approximate surface area is 241 Å². The number of piperidine rings is 1. The minimum Gasteiger partial charge on any atom is -0.481 e. The first-order valence-corrected chi connectivity index (χ1v) is 13.1. The third-order valence-corrected chi connectivity index (χ3v) is 6.81. The molecular weight excluding hydrogens is 578 g/mol. The molecule has 3 N–H and O–H groups in total. The van der Waals surface area contributed by atoms with E-state index in [0.29, 0.717) is 23.9 Å². The fourth-order valence-corrected chi connectivity index (χ4v) is 4.70. The van der Waals surface area contributed by atoms with Crippen molar-refractivity contribution in [3.05, 3.63) is 71.8 Å². The van der Waals surface area contributed by atoms with Crippen LogP contribution in [0.3, 0.4) is 0 Å². The molecule has 3 aromatic carbocycles. The molecule has 0 aliphatic carbocycles. The number of nitrogens with zero attached hydrogens (tertiary/aromatic N) is 1. The number of anilines is 1. The van der Waals surface area contributed by atoms with Crippen molar-refractivity contribution in [3.8, 4) is 5.75 Å². The maximum absolute atomic E-state index is 13.9. The highest BCUT2D eigenvalue weighted by molar-refractivity contribution is 6.40. The number of benzene rings is 3. The van der Waals surface area contributed by atoms with Crippen LogP contribution in [0.4, 0.5) is 23.2 Å². The fourth-order valence-electron chi connectivity index (χ4n) is 4.70. The standard InChI is InChI=1S/C29H25F4N3O7/c30-17-12-18(31)25(33)26(24(17)32)43-14-22(37)20(13-23(38)39)35-27(40)21-10-3-4-11-36(21)29(42)28(41)34-19-9-5-7-15-6-1-2-8-16(15)19/h1-2,5-9,12,20-21H,3-4,10-11,13-14H2,(H,34,41)(H,35,40)(H,38,39)/t20-,21-/m0/s1. The molecule has 0 bridgehead atoms. The summed E-state index contributed by atoms with van der Waals surface area (Å²) >= 11 is 0. The molecule has 3 aromatic rings. The summed E-state index contributed by atoms with van der Waals surface area (Å²) in [4.78, 5) is 64.4. The van der Waals surface area contributed by atoms with Gasteiger partial charge in [-0.15, -0.1) is 0 Å². The second kappa shape index (κ2) is 13.3. The lowest BCUT2D eigenvalue weighted by Gasteiger charge is -2.34. The number of carbonyl (C=O) groups excluding carboxylic acids is 4. The highest BCUT2D eigenvalue weighted by Crippen LogP contribution is 2.27. The van der Waals surface area contributed by atoms with Gasteiger partial charge in [-0.05, 0) is 30.7 Å². The number of carbonyl (C=O) groups is 5. The summed E-state index contributed by atoms with van der Waals surface area (Å²) in [6.45, 7) is -1.24. The van der Waals surface area contributed by atoms with Crippen LogP contribution in [0.5, 0.6) is 5.75 Å². The van der Waals surface area contributed by atoms with Crippen molar-refractivity contribution in [2.75, 3.05) is 18.5 Å². The van der Waals surface area contributed by atoms with Crippen LogP contribution in [0.15, 0.2) is 48.5 Å². The van der Waals surface area contributed by atoms with Crippen molar-refractivity contribution < 1.29 is 51.4 Å². The number of hydrogen-bond donors (Lipinski definition) is 3. The fraction of sp³-hybridized carbons (Fsp3) is 0.276. The van der Waals surface area contributed by atoms with Crippen LogP contribution < -0.4 is 15.4 Å². The number of amides is 3. The van der Waals surface area contributed by atoms with Gasteiger partial charge < -0.3 is 25.4 Å². The maximum Gasteiger partial charge on any atom is 0.313 e. The lowest BCUT2D eigenvalue weighted by Crippen LogP contribution is -2.57. The molecule has 1 aliphatic rings. The van der Waals surface area contributed by atoms with Crippen molar-refractivity contribution in [2.45, 2.75) is 37.8 Å². The monoisotopic (exact) mass is 603 g/mol. The predicted molar refractivity (Wildman–Crippen MR) is 143 cm³/mol. The Kier molecular flexibility index (Phi) is 9.58. The molecule has 0 saturated carbocycles. The van der Waals surface area contributed by atoms with Gasteiger partial charge in [0.05, 0.1) is 6.42 Å². The summed E-state index contributed by atoms with van der Waals surface area (Å²) < 4.78 is 59.3. The molecular formula is C29H25F4N3O7. The number of fused-ring (bicyclic) bond motifs is 1. The van der Waals surface area contributed by atoms with Gasteiger partial charge in [-0.3, -0.25) is 24.0 Å². The number of likely N-dealkylation sites (tertiary alicyclic amines) is 1. The van der Waals surface area contributed by atoms with E-state index >= 15 is 0 Å². The molecule has 0 unspecified atom stereocenters. The van der Waals surface area contributed by atoms with Crippen LogP contribution in [0.25, 0.3) is 10.8 Å². The molecule has 43 heavy (non-hydrogen) atoms. The first-order chi connectivity index (χ1) is 20.5. The van der Waals surface area contributed by atoms with E-state index in [1.54, 1.807) is 24.3 Å². The van der Waals surface area contributed by atoms with Gasteiger partial charge in [0.2, 0.25) is 17.5 Å². The Morgan fingerprint density at radius 2 is 1.63 bits per heavy atom. The normalized spacial score (nSPS) is 15.4. The molecule has 1 heterocycles. The molecule has 0 radical (unpaired) electrons. The van der Waals surface area contributed by atoms with Gasteiger partial charge in [-0.25, -0.2) is 8.78 Å². The molecule has 3 amide bonds. The van der Waals surface area contributed by atoms with E-state index < -0.39 is 83.6 Å². The van der Waals surface area contributed by atoms with Crippen LogP contribution in [0.2, 0.25) is 0 Å². The molecule has 10 nitrogen and oxygen atoms in total. The number of ether oxygens (including phenoxy) is 1. The molecule has 2 atom stereocenters. The number of carboxylic acid groups (broad SMARTS) is 1. The van der Waals surface area contributed by atoms with Crippen molar-refractivity contribution in [3.63, 3.8) is 0 Å². The zero-order valence-electron chi connectivity index (χ0n) is 22.4. The average Bonchev–Trinajstić information content (AvgIpc) is 2.99. The summed E-state index contributed by atoms with van der Waals surface area (Å²) in [7, 11) is 0. The summed E-state index contributed by atoms with van der Waals surface area (Å²) in [5, 5.41) is 15.5. The zero-order valence-corrected chi connectivity index (χ0v) is 22.4. The van der Waals surface area contributed by atoms with Crippen molar-refractivity contribution >= 4 is 45.9 Å². The van der Waals surface area contributed by atoms with E-state index in [2.05, 4.69) is 15.4 Å². The number of hydrogen-bond acceptors (Lipinski definition) is 6. The van der Waals surface area contributed by atoms with Crippen LogP contribution in [0, 0.1) is 23.3 Å². The van der Waals surface area contributed by atoms with Gasteiger partial charge in [0.15, 0.2) is 23.2 Å². The lowest BCUT2D eigenvalue weighted by atomic mass is 10.00. The van der Waals surface area contributed by atoms with Crippen LogP contribution in [-0.2, 0) is 24.0 Å². The predicted octanol–water partition coefficient (Wildman–Crippen LogP) is 3.32. The number of rotatable bonds is 9. The van der Waals surface area contributed by atoms with Crippen LogP contribution >= 0.6 is 0 Å². The number of nitrogens with one attached hydrogen (secondary N) is 2. The van der Waals surface area contributed by atoms with Crippen LogP contribution in [0.1, 0.15) is 25.7 Å². The Morgan fingerprint density at radius 1 is 0.953 bits per heavy atom. The molecule has 226 valence electrons. The van der Waals surface area contributed by atoms with Gasteiger partial charge in [0.25, 0.3) is 0 Å².